The van der Waals surface area contributed by atoms with E-state index in [-0.39, 0.29) is 29.8 Å². The van der Waals surface area contributed by atoms with Gasteiger partial charge in [-0.25, -0.2) is 14.2 Å². The number of carbonyl (C=O) groups excluding carboxylic acids is 1. The molecule has 31 heavy (non-hydrogen) atoms. The molecule has 0 radical (unpaired) electrons. The van der Waals surface area contributed by atoms with E-state index in [1.807, 2.05) is 0 Å². The Balaban J connectivity index is 2.15. The maximum absolute atomic E-state index is 13.0. The van der Waals surface area contributed by atoms with Crippen LogP contribution in [0.5, 0.6) is 0 Å². The van der Waals surface area contributed by atoms with Gasteiger partial charge in [0.15, 0.2) is 5.78 Å². The van der Waals surface area contributed by atoms with Gasteiger partial charge in [-0.15, -0.1) is 0 Å². The van der Waals surface area contributed by atoms with Crippen molar-refractivity contribution in [2.75, 3.05) is 7.11 Å². The lowest BCUT2D eigenvalue weighted by Crippen LogP contribution is -2.42. The zero-order valence-electron chi connectivity index (χ0n) is 16.5. The van der Waals surface area contributed by atoms with Crippen molar-refractivity contribution < 1.29 is 27.1 Å². The molecule has 0 N–H and O–H groups in total. The Morgan fingerprint density at radius 2 is 1.74 bits per heavy atom. The monoisotopic (exact) mass is 438 g/mol. The van der Waals surface area contributed by atoms with E-state index in [1.54, 1.807) is 6.92 Å². The number of carbonyl (C=O) groups is 1. The van der Waals surface area contributed by atoms with Crippen LogP contribution in [0.2, 0.25) is 0 Å². The summed E-state index contributed by atoms with van der Waals surface area (Å²) in [6.07, 6.45) is -4.29. The molecule has 0 aliphatic rings. The van der Waals surface area contributed by atoms with Crippen LogP contribution < -0.4 is 16.9 Å². The van der Waals surface area contributed by atoms with Crippen molar-refractivity contribution in [1.29, 1.82) is 0 Å². The third kappa shape index (κ3) is 4.22. The van der Waals surface area contributed by atoms with Gasteiger partial charge in [0.2, 0.25) is 5.71 Å². The first-order valence-electron chi connectivity index (χ1n) is 9.08. The van der Waals surface area contributed by atoms with Crippen molar-refractivity contribution in [2.24, 2.45) is 0 Å². The Labute approximate surface area is 172 Å². The number of alkyl halides is 3. The first-order chi connectivity index (χ1) is 14.6. The number of halogens is 3. The molecule has 2 aromatic heterocycles. The standard InChI is InChI=1S/C20H17F3N2O6/c1-3-11-8-15(27)31-18-16(11)17(28)24(19(29)25(18)10-30-2)9-14(26)12-4-6-13(7-5-12)20(21,22)23/h4-8H,3,9-10H2,1-2H3. The molecule has 0 amide bonds. The van der Waals surface area contributed by atoms with Gasteiger partial charge < -0.3 is 9.15 Å². The highest BCUT2D eigenvalue weighted by Gasteiger charge is 2.30. The van der Waals surface area contributed by atoms with Crippen LogP contribution in [-0.4, -0.2) is 22.0 Å². The molecule has 11 heteroatoms. The van der Waals surface area contributed by atoms with Crippen LogP contribution in [0.3, 0.4) is 0 Å². The smallest absolute Gasteiger partial charge is 0.405 e. The first-order valence-corrected chi connectivity index (χ1v) is 9.08. The molecule has 0 atom stereocenters. The summed E-state index contributed by atoms with van der Waals surface area (Å²) in [4.78, 5) is 50.3. The van der Waals surface area contributed by atoms with Crippen LogP contribution in [0, 0.1) is 0 Å². The fourth-order valence-electron chi connectivity index (χ4n) is 3.14. The van der Waals surface area contributed by atoms with Gasteiger partial charge >= 0.3 is 17.5 Å². The molecule has 0 fully saturated rings. The molecule has 0 saturated carbocycles. The van der Waals surface area contributed by atoms with E-state index in [2.05, 4.69) is 0 Å². The Bertz CT molecular complexity index is 1320. The fraction of sp³-hybridized carbons (Fsp3) is 0.300. The third-order valence-corrected chi connectivity index (χ3v) is 4.67. The van der Waals surface area contributed by atoms with Crippen molar-refractivity contribution in [2.45, 2.75) is 32.8 Å². The second kappa shape index (κ2) is 8.34. The second-order valence-electron chi connectivity index (χ2n) is 6.64. The van der Waals surface area contributed by atoms with E-state index in [9.17, 15) is 32.3 Å². The summed E-state index contributed by atoms with van der Waals surface area (Å²) in [6, 6.07) is 4.54. The largest absolute Gasteiger partial charge is 0.416 e. The van der Waals surface area contributed by atoms with Gasteiger partial charge in [0, 0.05) is 18.7 Å². The number of ether oxygens (including phenoxy) is 1. The van der Waals surface area contributed by atoms with Crippen molar-refractivity contribution in [3.8, 4) is 0 Å². The minimum atomic E-state index is -4.56. The molecular formula is C20H17F3N2O6. The average molecular weight is 438 g/mol. The van der Waals surface area contributed by atoms with E-state index < -0.39 is 40.9 Å². The van der Waals surface area contributed by atoms with E-state index in [1.165, 1.54) is 7.11 Å². The van der Waals surface area contributed by atoms with Crippen molar-refractivity contribution in [3.63, 3.8) is 0 Å². The number of methoxy groups -OCH3 is 1. The fourth-order valence-corrected chi connectivity index (χ4v) is 3.14. The number of aromatic nitrogens is 2. The van der Waals surface area contributed by atoms with E-state index in [0.717, 1.165) is 34.9 Å². The highest BCUT2D eigenvalue weighted by atomic mass is 19.4. The van der Waals surface area contributed by atoms with Crippen LogP contribution in [-0.2, 0) is 30.6 Å². The SMILES string of the molecule is CCc1cc(=O)oc2c1c(=O)n(CC(=O)c1ccc(C(F)(F)F)cc1)c(=O)n2COC. The molecule has 0 unspecified atom stereocenters. The summed E-state index contributed by atoms with van der Waals surface area (Å²) < 4.78 is 49.7. The zero-order valence-corrected chi connectivity index (χ0v) is 16.5. The Morgan fingerprint density at radius 3 is 2.29 bits per heavy atom. The summed E-state index contributed by atoms with van der Waals surface area (Å²) in [7, 11) is 1.28. The number of benzene rings is 1. The lowest BCUT2D eigenvalue weighted by molar-refractivity contribution is -0.137. The number of ketones is 1. The highest BCUT2D eigenvalue weighted by Crippen LogP contribution is 2.29. The number of fused-ring (bicyclic) bond motifs is 1. The minimum absolute atomic E-state index is 0.0565. The summed E-state index contributed by atoms with van der Waals surface area (Å²) in [5.74, 6) is -0.744. The molecule has 0 spiro atoms. The number of aryl methyl sites for hydroxylation is 1. The molecule has 164 valence electrons. The molecule has 3 aromatic rings. The van der Waals surface area contributed by atoms with Crippen LogP contribution in [0.25, 0.3) is 11.1 Å². The first kappa shape index (κ1) is 22.2. The van der Waals surface area contributed by atoms with Crippen molar-refractivity contribution in [1.82, 2.24) is 9.13 Å². The Kier molecular flexibility index (Phi) is 5.98. The van der Waals surface area contributed by atoms with Gasteiger partial charge in [-0.2, -0.15) is 13.2 Å². The topological polar surface area (TPSA) is 101 Å². The van der Waals surface area contributed by atoms with Crippen LogP contribution >= 0.6 is 0 Å². The highest BCUT2D eigenvalue weighted by molar-refractivity contribution is 5.96. The van der Waals surface area contributed by atoms with Gasteiger partial charge in [-0.3, -0.25) is 14.2 Å². The molecule has 0 bridgehead atoms. The third-order valence-electron chi connectivity index (χ3n) is 4.67. The number of hydrogen-bond acceptors (Lipinski definition) is 6. The van der Waals surface area contributed by atoms with Crippen LogP contribution in [0.4, 0.5) is 13.2 Å². The normalized spacial score (nSPS) is 11.8. The molecule has 1 aromatic carbocycles. The van der Waals surface area contributed by atoms with E-state index in [0.29, 0.717) is 10.1 Å². The predicted molar refractivity (Wildman–Crippen MR) is 103 cm³/mol. The summed E-state index contributed by atoms with van der Waals surface area (Å²) in [5.41, 5.74) is -3.57. The second-order valence-corrected chi connectivity index (χ2v) is 6.64. The molecule has 0 saturated heterocycles. The van der Waals surface area contributed by atoms with Crippen LogP contribution in [0.15, 0.2) is 49.1 Å². The number of nitrogens with zero attached hydrogens (tertiary/aromatic N) is 2. The number of Topliss-reactive ketones (excluding diaryl/α,β-unsaturated/α-hetero) is 1. The van der Waals surface area contributed by atoms with Crippen molar-refractivity contribution in [3.05, 3.63) is 78.3 Å². The molecule has 3 rings (SSSR count). The van der Waals surface area contributed by atoms with E-state index >= 15 is 0 Å². The zero-order chi connectivity index (χ0) is 22.9. The predicted octanol–water partition coefficient (Wildman–Crippen LogP) is 2.18. The molecule has 8 nitrogen and oxygen atoms in total. The van der Waals surface area contributed by atoms with Gasteiger partial charge in [0.05, 0.1) is 12.1 Å². The Morgan fingerprint density at radius 1 is 1.10 bits per heavy atom. The van der Waals surface area contributed by atoms with Crippen molar-refractivity contribution >= 4 is 16.9 Å². The van der Waals surface area contributed by atoms with Gasteiger partial charge in [0.1, 0.15) is 12.1 Å². The number of hydrogen-bond donors (Lipinski definition) is 0. The van der Waals surface area contributed by atoms with Crippen LogP contribution in [0.1, 0.15) is 28.4 Å². The van der Waals surface area contributed by atoms with Gasteiger partial charge in [-0.1, -0.05) is 19.1 Å². The van der Waals surface area contributed by atoms with E-state index in [4.69, 9.17) is 9.15 Å². The minimum Gasteiger partial charge on any atom is -0.405 e. The summed E-state index contributed by atoms with van der Waals surface area (Å²) >= 11 is 0. The lowest BCUT2D eigenvalue weighted by atomic mass is 10.1. The molecule has 0 aliphatic heterocycles. The molecule has 2 heterocycles. The summed E-state index contributed by atoms with van der Waals surface area (Å²) in [6.45, 7) is 0.613. The average Bonchev–Trinajstić information content (AvgIpc) is 2.72. The number of rotatable bonds is 6. The quantitative estimate of drug-likeness (QED) is 0.547. The van der Waals surface area contributed by atoms with Gasteiger partial charge in [0.25, 0.3) is 5.56 Å². The lowest BCUT2D eigenvalue weighted by Gasteiger charge is -2.13. The molecule has 0 aliphatic carbocycles. The van der Waals surface area contributed by atoms with Gasteiger partial charge in [-0.05, 0) is 24.1 Å². The maximum Gasteiger partial charge on any atom is 0.416 e. The maximum atomic E-state index is 13.0. The Hall–Kier alpha value is -3.47. The molecular weight excluding hydrogens is 421 g/mol. The summed E-state index contributed by atoms with van der Waals surface area (Å²) in [5, 5.41) is -0.0565.